The minimum absolute atomic E-state index is 0.102. The molecular weight excluding hydrogens is 364 g/mol. The van der Waals surface area contributed by atoms with Crippen LogP contribution in [0.1, 0.15) is 20.3 Å². The molecule has 1 amide bonds. The lowest BCUT2D eigenvalue weighted by atomic mass is 10.1. The van der Waals surface area contributed by atoms with Crippen LogP contribution in [-0.4, -0.2) is 22.8 Å². The van der Waals surface area contributed by atoms with Gasteiger partial charge < -0.3 is 10.1 Å². The number of carbonyl (C=O) groups excluding carboxylic acids is 1. The zero-order chi connectivity index (χ0) is 15.9. The molecule has 22 heavy (non-hydrogen) atoms. The molecule has 0 bridgehead atoms. The molecule has 1 aromatic heterocycles. The Morgan fingerprint density at radius 3 is 2.73 bits per heavy atom. The van der Waals surface area contributed by atoms with Gasteiger partial charge >= 0.3 is 0 Å². The Morgan fingerprint density at radius 2 is 2.09 bits per heavy atom. The average Bonchev–Trinajstić information content (AvgIpc) is 2.96. The Labute approximate surface area is 143 Å². The topological polar surface area (TPSA) is 51.2 Å². The van der Waals surface area contributed by atoms with Gasteiger partial charge in [0.1, 0.15) is 5.75 Å². The number of ether oxygens (including phenoxy) is 1. The van der Waals surface area contributed by atoms with E-state index in [-0.39, 0.29) is 11.2 Å². The summed E-state index contributed by atoms with van der Waals surface area (Å²) in [7, 11) is 0. The van der Waals surface area contributed by atoms with E-state index in [0.717, 1.165) is 30.0 Å². The molecule has 2 aromatic rings. The second-order valence-electron chi connectivity index (χ2n) is 5.28. The summed E-state index contributed by atoms with van der Waals surface area (Å²) in [5.41, 5.74) is 1.86. The van der Waals surface area contributed by atoms with E-state index in [1.165, 1.54) is 11.3 Å². The number of amides is 1. The Balaban J connectivity index is 1.96. The summed E-state index contributed by atoms with van der Waals surface area (Å²) >= 11 is 4.53. The highest BCUT2D eigenvalue weighted by atomic mass is 79.9. The van der Waals surface area contributed by atoms with Crippen LogP contribution in [0.2, 0.25) is 0 Å². The molecule has 0 saturated carbocycles. The van der Waals surface area contributed by atoms with E-state index in [4.69, 9.17) is 4.74 Å². The van der Waals surface area contributed by atoms with Gasteiger partial charge in [0, 0.05) is 10.9 Å². The van der Waals surface area contributed by atoms with Crippen molar-refractivity contribution < 1.29 is 9.53 Å². The fraction of sp³-hybridized carbons (Fsp3) is 0.375. The van der Waals surface area contributed by atoms with Crippen molar-refractivity contribution in [1.82, 2.24) is 4.98 Å². The second-order valence-corrected chi connectivity index (χ2v) is 6.69. The molecule has 4 nitrogen and oxygen atoms in total. The van der Waals surface area contributed by atoms with Crippen molar-refractivity contribution in [2.24, 2.45) is 5.92 Å². The first-order valence-electron chi connectivity index (χ1n) is 7.13. The second kappa shape index (κ2) is 8.29. The van der Waals surface area contributed by atoms with Gasteiger partial charge in [0.05, 0.1) is 17.6 Å². The van der Waals surface area contributed by atoms with Crippen molar-refractivity contribution >= 4 is 38.3 Å². The highest BCUT2D eigenvalue weighted by molar-refractivity contribution is 9.09. The number of nitrogens with zero attached hydrogens (tertiary/aromatic N) is 1. The van der Waals surface area contributed by atoms with Gasteiger partial charge in [-0.15, -0.1) is 11.3 Å². The molecule has 0 aliphatic carbocycles. The van der Waals surface area contributed by atoms with E-state index < -0.39 is 0 Å². The van der Waals surface area contributed by atoms with E-state index >= 15 is 0 Å². The van der Waals surface area contributed by atoms with Gasteiger partial charge in [-0.3, -0.25) is 4.79 Å². The van der Waals surface area contributed by atoms with Gasteiger partial charge in [0.25, 0.3) is 0 Å². The van der Waals surface area contributed by atoms with Crippen LogP contribution in [0.5, 0.6) is 5.75 Å². The standard InChI is InChI=1S/C16H19BrN2O2S/c1-11(2)7-8-21-13-5-3-12(4-6-13)14-10-22-16(18-14)19-15(20)9-17/h3-6,10-11H,7-9H2,1-2H3,(H,18,19,20). The Hall–Kier alpha value is -1.40. The predicted molar refractivity (Wildman–Crippen MR) is 94.9 cm³/mol. The van der Waals surface area contributed by atoms with Gasteiger partial charge in [0.15, 0.2) is 5.13 Å². The zero-order valence-corrected chi connectivity index (χ0v) is 15.0. The van der Waals surface area contributed by atoms with E-state index in [1.54, 1.807) is 0 Å². The van der Waals surface area contributed by atoms with Gasteiger partial charge in [-0.2, -0.15) is 0 Å². The van der Waals surface area contributed by atoms with Gasteiger partial charge in [-0.1, -0.05) is 29.8 Å². The Bertz CT molecular complexity index is 611. The number of hydrogen-bond donors (Lipinski definition) is 1. The molecular formula is C16H19BrN2O2S. The van der Waals surface area contributed by atoms with Crippen LogP contribution in [0.4, 0.5) is 5.13 Å². The number of halogens is 1. The SMILES string of the molecule is CC(C)CCOc1ccc(-c2csc(NC(=O)CBr)n2)cc1. The molecule has 0 unspecified atom stereocenters. The normalized spacial score (nSPS) is 10.7. The molecule has 0 atom stereocenters. The van der Waals surface area contributed by atoms with Crippen molar-refractivity contribution in [3.05, 3.63) is 29.6 Å². The Morgan fingerprint density at radius 1 is 1.36 bits per heavy atom. The Kier molecular flexibility index (Phi) is 6.39. The van der Waals surface area contributed by atoms with Gasteiger partial charge in [-0.25, -0.2) is 4.98 Å². The summed E-state index contributed by atoms with van der Waals surface area (Å²) in [4.78, 5) is 15.7. The first-order valence-corrected chi connectivity index (χ1v) is 9.13. The van der Waals surface area contributed by atoms with Crippen LogP contribution in [0, 0.1) is 5.92 Å². The first kappa shape index (κ1) is 17.0. The summed E-state index contributed by atoms with van der Waals surface area (Å²) in [6.45, 7) is 5.09. The third kappa shape index (κ3) is 5.10. The number of aromatic nitrogens is 1. The quantitative estimate of drug-likeness (QED) is 0.713. The van der Waals surface area contributed by atoms with E-state index in [9.17, 15) is 4.79 Å². The van der Waals surface area contributed by atoms with Crippen LogP contribution in [0.25, 0.3) is 11.3 Å². The van der Waals surface area contributed by atoms with Crippen molar-refractivity contribution in [1.29, 1.82) is 0 Å². The number of carbonyl (C=O) groups is 1. The summed E-state index contributed by atoms with van der Waals surface area (Å²) in [5, 5.41) is 5.53. The summed E-state index contributed by atoms with van der Waals surface area (Å²) in [6.07, 6.45) is 1.05. The summed E-state index contributed by atoms with van der Waals surface area (Å²) in [6, 6.07) is 7.86. The molecule has 0 spiro atoms. The number of rotatable bonds is 7. The maximum Gasteiger partial charge on any atom is 0.236 e. The highest BCUT2D eigenvalue weighted by Gasteiger charge is 2.07. The molecule has 1 N–H and O–H groups in total. The monoisotopic (exact) mass is 382 g/mol. The van der Waals surface area contributed by atoms with E-state index in [1.807, 2.05) is 29.6 Å². The lowest BCUT2D eigenvalue weighted by molar-refractivity contribution is -0.113. The van der Waals surface area contributed by atoms with Crippen LogP contribution < -0.4 is 10.1 Å². The third-order valence-electron chi connectivity index (χ3n) is 2.99. The molecule has 6 heteroatoms. The van der Waals surface area contributed by atoms with Crippen LogP contribution in [-0.2, 0) is 4.79 Å². The maximum atomic E-state index is 11.3. The smallest absolute Gasteiger partial charge is 0.236 e. The third-order valence-corrected chi connectivity index (χ3v) is 4.25. The van der Waals surface area contributed by atoms with Crippen molar-refractivity contribution in [3.8, 4) is 17.0 Å². The van der Waals surface area contributed by atoms with Crippen LogP contribution >= 0.6 is 27.3 Å². The minimum Gasteiger partial charge on any atom is -0.494 e. The molecule has 1 aromatic carbocycles. The van der Waals surface area contributed by atoms with Gasteiger partial charge in [-0.05, 0) is 36.6 Å². The van der Waals surface area contributed by atoms with Crippen molar-refractivity contribution in [2.75, 3.05) is 17.3 Å². The fourth-order valence-corrected chi connectivity index (χ4v) is 2.63. The molecule has 0 saturated heterocycles. The highest BCUT2D eigenvalue weighted by Crippen LogP contribution is 2.26. The maximum absolute atomic E-state index is 11.3. The lowest BCUT2D eigenvalue weighted by Gasteiger charge is -2.08. The number of anilines is 1. The fourth-order valence-electron chi connectivity index (χ4n) is 1.75. The molecule has 2 rings (SSSR count). The van der Waals surface area contributed by atoms with Crippen LogP contribution in [0.15, 0.2) is 29.6 Å². The summed E-state index contributed by atoms with van der Waals surface area (Å²) in [5.74, 6) is 1.41. The molecule has 118 valence electrons. The summed E-state index contributed by atoms with van der Waals surface area (Å²) < 4.78 is 5.70. The number of alkyl halides is 1. The number of hydrogen-bond acceptors (Lipinski definition) is 4. The largest absolute Gasteiger partial charge is 0.494 e. The van der Waals surface area contributed by atoms with Crippen molar-refractivity contribution in [2.45, 2.75) is 20.3 Å². The van der Waals surface area contributed by atoms with E-state index in [0.29, 0.717) is 11.0 Å². The average molecular weight is 383 g/mol. The van der Waals surface area contributed by atoms with Crippen LogP contribution in [0.3, 0.4) is 0 Å². The molecule has 0 aliphatic rings. The molecule has 0 radical (unpaired) electrons. The molecule has 1 heterocycles. The minimum atomic E-state index is -0.102. The van der Waals surface area contributed by atoms with Gasteiger partial charge in [0.2, 0.25) is 5.91 Å². The zero-order valence-electron chi connectivity index (χ0n) is 12.6. The number of nitrogens with one attached hydrogen (secondary N) is 1. The first-order chi connectivity index (χ1) is 10.6. The lowest BCUT2D eigenvalue weighted by Crippen LogP contribution is -2.11. The number of thiazole rings is 1. The number of benzene rings is 1. The van der Waals surface area contributed by atoms with E-state index in [2.05, 4.69) is 40.1 Å². The molecule has 0 fully saturated rings. The molecule has 0 aliphatic heterocycles. The van der Waals surface area contributed by atoms with Crippen molar-refractivity contribution in [3.63, 3.8) is 0 Å². The predicted octanol–water partition coefficient (Wildman–Crippen LogP) is 4.57.